The van der Waals surface area contributed by atoms with Gasteiger partial charge in [-0.3, -0.25) is 0 Å². The molecule has 0 radical (unpaired) electrons. The Morgan fingerprint density at radius 1 is 1.17 bits per heavy atom. The zero-order valence-electron chi connectivity index (χ0n) is 14.5. The van der Waals surface area contributed by atoms with Crippen LogP contribution >= 0.6 is 0 Å². The summed E-state index contributed by atoms with van der Waals surface area (Å²) in [6, 6.07) is 8.80. The molecule has 0 amide bonds. The van der Waals surface area contributed by atoms with Gasteiger partial charge in [0.15, 0.2) is 0 Å². The highest BCUT2D eigenvalue weighted by molar-refractivity contribution is 5.65. The Kier molecular flexibility index (Phi) is 4.51. The Labute approximate surface area is 138 Å². The maximum absolute atomic E-state index is 4.71. The number of aryl methyl sites for hydroxylation is 2. The van der Waals surface area contributed by atoms with Crippen LogP contribution in [0.4, 0.5) is 17.5 Å². The van der Waals surface area contributed by atoms with Crippen LogP contribution < -0.4 is 10.6 Å². The Balaban J connectivity index is 1.91. The zero-order valence-corrected chi connectivity index (χ0v) is 14.5. The number of para-hydroxylation sites is 1. The van der Waals surface area contributed by atoms with Crippen molar-refractivity contribution in [1.82, 2.24) is 9.97 Å². The molecule has 1 heterocycles. The standard InChI is InChI=1S/C19H26N4/c1-5-14(4)20-19-21-16(15-9-10-15)11-17(23-19)22-18-12(2)7-6-8-13(18)3/h6-8,11,14-15H,5,9-10H2,1-4H3,(H2,20,21,22,23)/t14-/m1/s1. The zero-order chi connectivity index (χ0) is 16.4. The molecule has 0 saturated heterocycles. The first kappa shape index (κ1) is 15.8. The van der Waals surface area contributed by atoms with E-state index in [-0.39, 0.29) is 0 Å². The van der Waals surface area contributed by atoms with Gasteiger partial charge in [-0.15, -0.1) is 0 Å². The van der Waals surface area contributed by atoms with Crippen molar-refractivity contribution in [3.05, 3.63) is 41.1 Å². The van der Waals surface area contributed by atoms with Gasteiger partial charge in [0.2, 0.25) is 5.95 Å². The summed E-state index contributed by atoms with van der Waals surface area (Å²) in [5.74, 6) is 2.22. The lowest BCUT2D eigenvalue weighted by molar-refractivity contribution is 0.750. The summed E-state index contributed by atoms with van der Waals surface area (Å²) in [6.45, 7) is 8.57. The molecular formula is C19H26N4. The third kappa shape index (κ3) is 3.81. The predicted molar refractivity (Wildman–Crippen MR) is 96.6 cm³/mol. The van der Waals surface area contributed by atoms with Crippen LogP contribution in [0.3, 0.4) is 0 Å². The molecule has 2 aromatic rings. The van der Waals surface area contributed by atoms with Crippen LogP contribution in [0.5, 0.6) is 0 Å². The minimum Gasteiger partial charge on any atom is -0.352 e. The maximum atomic E-state index is 4.71. The molecule has 4 nitrogen and oxygen atoms in total. The van der Waals surface area contributed by atoms with Crippen molar-refractivity contribution in [2.45, 2.75) is 58.9 Å². The molecule has 1 aliphatic carbocycles. The van der Waals surface area contributed by atoms with Crippen molar-refractivity contribution in [3.63, 3.8) is 0 Å². The number of hydrogen-bond acceptors (Lipinski definition) is 4. The van der Waals surface area contributed by atoms with E-state index in [2.05, 4.69) is 67.6 Å². The van der Waals surface area contributed by atoms with Crippen molar-refractivity contribution in [2.24, 2.45) is 0 Å². The van der Waals surface area contributed by atoms with Crippen LogP contribution in [-0.2, 0) is 0 Å². The molecule has 2 N–H and O–H groups in total. The minimum atomic E-state index is 0.373. The monoisotopic (exact) mass is 310 g/mol. The molecule has 0 unspecified atom stereocenters. The Hall–Kier alpha value is -2.10. The van der Waals surface area contributed by atoms with Crippen molar-refractivity contribution in [2.75, 3.05) is 10.6 Å². The Morgan fingerprint density at radius 2 is 1.87 bits per heavy atom. The third-order valence-electron chi connectivity index (χ3n) is 4.46. The lowest BCUT2D eigenvalue weighted by Crippen LogP contribution is -2.16. The van der Waals surface area contributed by atoms with Crippen molar-refractivity contribution >= 4 is 17.5 Å². The van der Waals surface area contributed by atoms with Crippen molar-refractivity contribution < 1.29 is 0 Å². The van der Waals surface area contributed by atoms with Gasteiger partial charge in [-0.2, -0.15) is 4.98 Å². The van der Waals surface area contributed by atoms with Crippen LogP contribution in [0.2, 0.25) is 0 Å². The molecule has 4 heteroatoms. The van der Waals surface area contributed by atoms with Crippen molar-refractivity contribution in [3.8, 4) is 0 Å². The smallest absolute Gasteiger partial charge is 0.225 e. The molecule has 1 aromatic carbocycles. The summed E-state index contributed by atoms with van der Waals surface area (Å²) < 4.78 is 0. The predicted octanol–water partition coefficient (Wildman–Crippen LogP) is 4.92. The first-order valence-corrected chi connectivity index (χ1v) is 8.55. The second-order valence-electron chi connectivity index (χ2n) is 6.62. The van der Waals surface area contributed by atoms with Gasteiger partial charge in [-0.25, -0.2) is 4.98 Å². The molecule has 1 fully saturated rings. The first-order valence-electron chi connectivity index (χ1n) is 8.55. The number of anilines is 3. The highest BCUT2D eigenvalue weighted by Gasteiger charge is 2.26. The van der Waals surface area contributed by atoms with Gasteiger partial charge in [0.05, 0.1) is 5.69 Å². The molecule has 1 aliphatic rings. The summed E-state index contributed by atoms with van der Waals surface area (Å²) in [6.07, 6.45) is 3.53. The summed E-state index contributed by atoms with van der Waals surface area (Å²) in [5.41, 5.74) is 4.75. The van der Waals surface area contributed by atoms with Crippen molar-refractivity contribution in [1.29, 1.82) is 0 Å². The van der Waals surface area contributed by atoms with E-state index in [1.54, 1.807) is 0 Å². The van der Waals surface area contributed by atoms with Gasteiger partial charge in [0.25, 0.3) is 0 Å². The highest BCUT2D eigenvalue weighted by atomic mass is 15.2. The van der Waals surface area contributed by atoms with E-state index in [0.29, 0.717) is 12.0 Å². The second-order valence-corrected chi connectivity index (χ2v) is 6.62. The van der Waals surface area contributed by atoms with E-state index in [0.717, 1.165) is 29.6 Å². The Bertz CT molecular complexity index is 672. The molecular weight excluding hydrogens is 284 g/mol. The summed E-state index contributed by atoms with van der Waals surface area (Å²) >= 11 is 0. The maximum Gasteiger partial charge on any atom is 0.225 e. The lowest BCUT2D eigenvalue weighted by atomic mass is 10.1. The fourth-order valence-electron chi connectivity index (χ4n) is 2.64. The molecule has 0 bridgehead atoms. The van der Waals surface area contributed by atoms with E-state index >= 15 is 0 Å². The molecule has 3 rings (SSSR count). The molecule has 1 aromatic heterocycles. The van der Waals surface area contributed by atoms with Gasteiger partial charge in [-0.05, 0) is 51.2 Å². The topological polar surface area (TPSA) is 49.8 Å². The van der Waals surface area contributed by atoms with E-state index in [4.69, 9.17) is 4.98 Å². The summed E-state index contributed by atoms with van der Waals surface area (Å²) in [7, 11) is 0. The molecule has 1 saturated carbocycles. The number of rotatable bonds is 6. The second kappa shape index (κ2) is 6.57. The molecule has 0 spiro atoms. The normalized spacial score (nSPS) is 15.3. The van der Waals surface area contributed by atoms with E-state index in [1.165, 1.54) is 24.0 Å². The Morgan fingerprint density at radius 3 is 2.48 bits per heavy atom. The largest absolute Gasteiger partial charge is 0.352 e. The van der Waals surface area contributed by atoms with E-state index in [1.807, 2.05) is 0 Å². The number of nitrogens with zero attached hydrogens (tertiary/aromatic N) is 2. The molecule has 23 heavy (non-hydrogen) atoms. The fraction of sp³-hybridized carbons (Fsp3) is 0.474. The van der Waals surface area contributed by atoms with Crippen LogP contribution in [0.15, 0.2) is 24.3 Å². The average Bonchev–Trinajstić information content (AvgIpc) is 3.35. The van der Waals surface area contributed by atoms with Crippen LogP contribution in [0.1, 0.15) is 55.8 Å². The molecule has 0 aliphatic heterocycles. The lowest BCUT2D eigenvalue weighted by Gasteiger charge is -2.16. The van der Waals surface area contributed by atoms with Gasteiger partial charge in [-0.1, -0.05) is 25.1 Å². The van der Waals surface area contributed by atoms with Gasteiger partial charge in [0.1, 0.15) is 5.82 Å². The van der Waals surface area contributed by atoms with Gasteiger partial charge >= 0.3 is 0 Å². The quantitative estimate of drug-likeness (QED) is 0.794. The van der Waals surface area contributed by atoms with Crippen LogP contribution in [0.25, 0.3) is 0 Å². The summed E-state index contributed by atoms with van der Waals surface area (Å²) in [5, 5.41) is 6.91. The molecule has 1 atom stereocenters. The third-order valence-corrected chi connectivity index (χ3v) is 4.46. The van der Waals surface area contributed by atoms with E-state index in [9.17, 15) is 0 Å². The minimum absolute atomic E-state index is 0.373. The number of nitrogens with one attached hydrogen (secondary N) is 2. The SMILES string of the molecule is CC[C@@H](C)Nc1nc(Nc2c(C)cccc2C)cc(C2CC2)n1. The number of hydrogen-bond donors (Lipinski definition) is 2. The average molecular weight is 310 g/mol. The fourth-order valence-corrected chi connectivity index (χ4v) is 2.64. The molecule has 122 valence electrons. The van der Waals surface area contributed by atoms with Gasteiger partial charge < -0.3 is 10.6 Å². The number of benzene rings is 1. The number of aromatic nitrogens is 2. The summed E-state index contributed by atoms with van der Waals surface area (Å²) in [4.78, 5) is 9.38. The van der Waals surface area contributed by atoms with Crippen LogP contribution in [-0.4, -0.2) is 16.0 Å². The van der Waals surface area contributed by atoms with Crippen LogP contribution in [0, 0.1) is 13.8 Å². The van der Waals surface area contributed by atoms with Gasteiger partial charge in [0, 0.05) is 23.7 Å². The highest BCUT2D eigenvalue weighted by Crippen LogP contribution is 2.40. The van der Waals surface area contributed by atoms with E-state index < -0.39 is 0 Å². The first-order chi connectivity index (χ1) is 11.1.